The molecule has 3 rings (SSSR count). The van der Waals surface area contributed by atoms with E-state index < -0.39 is 6.10 Å². The number of hydrogen-bond acceptors (Lipinski definition) is 5. The predicted molar refractivity (Wildman–Crippen MR) is 145 cm³/mol. The molecule has 0 radical (unpaired) electrons. The van der Waals surface area contributed by atoms with E-state index in [0.717, 1.165) is 43.2 Å². The average molecular weight is 496 g/mol. The lowest BCUT2D eigenvalue weighted by Gasteiger charge is -2.31. The van der Waals surface area contributed by atoms with Crippen LogP contribution in [-0.4, -0.2) is 42.5 Å². The second kappa shape index (κ2) is 13.9. The number of benzene rings is 2. The Labute approximate surface area is 217 Å². The molecule has 198 valence electrons. The van der Waals surface area contributed by atoms with Crippen LogP contribution in [0.15, 0.2) is 48.5 Å². The summed E-state index contributed by atoms with van der Waals surface area (Å²) in [6.45, 7) is 9.59. The second-order valence-corrected chi connectivity index (χ2v) is 10.8. The Morgan fingerprint density at radius 3 is 2.42 bits per heavy atom. The Hall–Kier alpha value is -2.21. The summed E-state index contributed by atoms with van der Waals surface area (Å²) in [4.78, 5) is 11.9. The lowest BCUT2D eigenvalue weighted by atomic mass is 9.88. The van der Waals surface area contributed by atoms with Crippen LogP contribution in [0.2, 0.25) is 0 Å². The van der Waals surface area contributed by atoms with Crippen LogP contribution in [0.3, 0.4) is 0 Å². The standard InChI is InChI=1S/C31H45NO4/c1-5-11-29(28-15-10-9-12-24(28)16-17-30(34)35-6-2)36-22-27(33)21-32-31(3,4)20-23-18-25-13-7-8-14-26(25)19-23/h7-10,12-15,23,27,29,32-33H,5-6,11,16-22H2,1-4H3/t27?,29-/m1/s1. The molecular formula is C31H45NO4. The first-order chi connectivity index (χ1) is 17.3. The summed E-state index contributed by atoms with van der Waals surface area (Å²) in [5.74, 6) is 0.462. The number of rotatable bonds is 15. The van der Waals surface area contributed by atoms with E-state index >= 15 is 0 Å². The van der Waals surface area contributed by atoms with Crippen molar-refractivity contribution in [2.75, 3.05) is 19.8 Å². The van der Waals surface area contributed by atoms with Gasteiger partial charge in [-0.3, -0.25) is 4.79 Å². The minimum Gasteiger partial charge on any atom is -0.466 e. The number of carbonyl (C=O) groups is 1. The molecule has 0 heterocycles. The van der Waals surface area contributed by atoms with Gasteiger partial charge in [0.25, 0.3) is 0 Å². The molecule has 2 aromatic rings. The summed E-state index contributed by atoms with van der Waals surface area (Å²) in [5.41, 5.74) is 5.11. The first-order valence-corrected chi connectivity index (χ1v) is 13.7. The highest BCUT2D eigenvalue weighted by atomic mass is 16.5. The van der Waals surface area contributed by atoms with Gasteiger partial charge in [-0.05, 0) is 81.0 Å². The lowest BCUT2D eigenvalue weighted by Crippen LogP contribution is -2.45. The first-order valence-electron chi connectivity index (χ1n) is 13.7. The van der Waals surface area contributed by atoms with E-state index in [9.17, 15) is 9.90 Å². The maximum absolute atomic E-state index is 11.9. The Morgan fingerprint density at radius 1 is 1.08 bits per heavy atom. The molecule has 1 unspecified atom stereocenters. The molecule has 0 aromatic heterocycles. The Kier molecular flexibility index (Phi) is 11.0. The van der Waals surface area contributed by atoms with E-state index in [1.165, 1.54) is 11.1 Å². The Bertz CT molecular complexity index is 932. The van der Waals surface area contributed by atoms with Gasteiger partial charge in [0.05, 0.1) is 25.4 Å². The molecule has 1 aliphatic carbocycles. The first kappa shape index (κ1) is 28.4. The van der Waals surface area contributed by atoms with Crippen LogP contribution in [0.4, 0.5) is 0 Å². The van der Waals surface area contributed by atoms with Crippen molar-refractivity contribution in [1.82, 2.24) is 5.32 Å². The number of carbonyl (C=O) groups excluding carboxylic acids is 1. The summed E-state index contributed by atoms with van der Waals surface area (Å²) >= 11 is 0. The number of hydrogen-bond donors (Lipinski definition) is 2. The molecule has 1 aliphatic rings. The molecule has 0 fully saturated rings. The Balaban J connectivity index is 1.49. The van der Waals surface area contributed by atoms with Gasteiger partial charge in [-0.1, -0.05) is 61.9 Å². The predicted octanol–water partition coefficient (Wildman–Crippen LogP) is 5.57. The maximum atomic E-state index is 11.9. The van der Waals surface area contributed by atoms with Crippen molar-refractivity contribution in [2.24, 2.45) is 5.92 Å². The molecule has 0 saturated heterocycles. The number of nitrogens with one attached hydrogen (secondary N) is 1. The monoisotopic (exact) mass is 495 g/mol. The van der Waals surface area contributed by atoms with Crippen LogP contribution in [0, 0.1) is 5.92 Å². The highest BCUT2D eigenvalue weighted by Crippen LogP contribution is 2.32. The van der Waals surface area contributed by atoms with E-state index in [1.807, 2.05) is 19.1 Å². The number of fused-ring (bicyclic) bond motifs is 1. The molecule has 0 bridgehead atoms. The molecule has 0 aliphatic heterocycles. The van der Waals surface area contributed by atoms with E-state index in [4.69, 9.17) is 9.47 Å². The van der Waals surface area contributed by atoms with E-state index in [2.05, 4.69) is 62.5 Å². The summed E-state index contributed by atoms with van der Waals surface area (Å²) in [5, 5.41) is 14.3. The van der Waals surface area contributed by atoms with Gasteiger partial charge >= 0.3 is 5.97 Å². The largest absolute Gasteiger partial charge is 0.466 e. The second-order valence-electron chi connectivity index (χ2n) is 10.8. The van der Waals surface area contributed by atoms with Crippen molar-refractivity contribution in [1.29, 1.82) is 0 Å². The fraction of sp³-hybridized carbons (Fsp3) is 0.581. The van der Waals surface area contributed by atoms with Crippen molar-refractivity contribution >= 4 is 5.97 Å². The zero-order chi connectivity index (χ0) is 26.0. The highest BCUT2D eigenvalue weighted by molar-refractivity contribution is 5.69. The smallest absolute Gasteiger partial charge is 0.306 e. The molecule has 5 heteroatoms. The van der Waals surface area contributed by atoms with Crippen molar-refractivity contribution in [3.05, 3.63) is 70.8 Å². The van der Waals surface area contributed by atoms with Gasteiger partial charge in [-0.25, -0.2) is 0 Å². The van der Waals surface area contributed by atoms with E-state index in [-0.39, 0.29) is 24.2 Å². The molecule has 2 N–H and O–H groups in total. The summed E-state index contributed by atoms with van der Waals surface area (Å²) < 4.78 is 11.4. The third-order valence-corrected chi connectivity index (χ3v) is 7.10. The molecule has 2 atom stereocenters. The zero-order valence-electron chi connectivity index (χ0n) is 22.6. The summed E-state index contributed by atoms with van der Waals surface area (Å²) in [6.07, 6.45) is 5.49. The highest BCUT2D eigenvalue weighted by Gasteiger charge is 2.28. The zero-order valence-corrected chi connectivity index (χ0v) is 22.6. The van der Waals surface area contributed by atoms with Crippen molar-refractivity contribution < 1.29 is 19.4 Å². The fourth-order valence-electron chi connectivity index (χ4n) is 5.41. The van der Waals surface area contributed by atoms with Crippen LogP contribution in [0.1, 0.15) is 81.7 Å². The van der Waals surface area contributed by atoms with Crippen molar-refractivity contribution in [3.8, 4) is 0 Å². The minimum absolute atomic E-state index is 0.0593. The minimum atomic E-state index is -0.587. The molecule has 0 spiro atoms. The van der Waals surface area contributed by atoms with Crippen molar-refractivity contribution in [3.63, 3.8) is 0 Å². The number of esters is 1. The third kappa shape index (κ3) is 8.72. The van der Waals surface area contributed by atoms with Gasteiger partial charge in [0, 0.05) is 18.5 Å². The molecule has 2 aromatic carbocycles. The van der Waals surface area contributed by atoms with Gasteiger partial charge in [0.1, 0.15) is 0 Å². The van der Waals surface area contributed by atoms with E-state index in [1.54, 1.807) is 0 Å². The van der Waals surface area contributed by atoms with Crippen LogP contribution >= 0.6 is 0 Å². The number of β-amino-alcohol motifs (C(OH)–C–C–N with tert-alkyl or cyclic N) is 1. The number of aliphatic hydroxyl groups is 1. The molecule has 36 heavy (non-hydrogen) atoms. The summed E-state index contributed by atoms with van der Waals surface area (Å²) in [6, 6.07) is 16.9. The van der Waals surface area contributed by atoms with Crippen LogP contribution < -0.4 is 5.32 Å². The number of aliphatic hydroxyl groups excluding tert-OH is 1. The Morgan fingerprint density at radius 2 is 1.75 bits per heavy atom. The SMILES string of the molecule is CCC[C@@H](OCC(O)CNC(C)(C)CC1Cc2ccccc2C1)c1ccccc1CCC(=O)OCC. The quantitative estimate of drug-likeness (QED) is 0.316. The lowest BCUT2D eigenvalue weighted by molar-refractivity contribution is -0.143. The molecular weight excluding hydrogens is 450 g/mol. The van der Waals surface area contributed by atoms with E-state index in [0.29, 0.717) is 31.9 Å². The maximum Gasteiger partial charge on any atom is 0.306 e. The molecule has 0 amide bonds. The van der Waals surface area contributed by atoms with Gasteiger partial charge in [-0.15, -0.1) is 0 Å². The van der Waals surface area contributed by atoms with Crippen LogP contribution in [-0.2, 0) is 33.5 Å². The summed E-state index contributed by atoms with van der Waals surface area (Å²) in [7, 11) is 0. The topological polar surface area (TPSA) is 67.8 Å². The van der Waals surface area contributed by atoms with Gasteiger partial charge < -0.3 is 19.9 Å². The number of aryl methyl sites for hydroxylation is 1. The van der Waals surface area contributed by atoms with Gasteiger partial charge in [-0.2, -0.15) is 0 Å². The van der Waals surface area contributed by atoms with Crippen LogP contribution in [0.5, 0.6) is 0 Å². The average Bonchev–Trinajstić information content (AvgIpc) is 3.26. The van der Waals surface area contributed by atoms with Gasteiger partial charge in [0.2, 0.25) is 0 Å². The number of ether oxygens (including phenoxy) is 2. The van der Waals surface area contributed by atoms with Crippen LogP contribution in [0.25, 0.3) is 0 Å². The normalized spacial score (nSPS) is 15.5. The molecule has 5 nitrogen and oxygen atoms in total. The third-order valence-electron chi connectivity index (χ3n) is 7.10. The molecule has 0 saturated carbocycles. The van der Waals surface area contributed by atoms with Gasteiger partial charge in [0.15, 0.2) is 0 Å². The fourth-order valence-corrected chi connectivity index (χ4v) is 5.41. The van der Waals surface area contributed by atoms with Crippen molar-refractivity contribution in [2.45, 2.75) is 90.4 Å².